The zero-order chi connectivity index (χ0) is 63.8. The highest BCUT2D eigenvalue weighted by atomic mass is 16.6. The molecular formula is C58H105N9O19. The second-order valence-electron chi connectivity index (χ2n) is 21.5. The molecule has 3 amide bonds. The highest BCUT2D eigenvalue weighted by molar-refractivity contribution is 5.79. The molecule has 0 aromatic heterocycles. The molecule has 0 heterocycles. The van der Waals surface area contributed by atoms with E-state index in [0.29, 0.717) is 71.9 Å². The molecule has 0 radical (unpaired) electrons. The number of ether oxygens (including phenoxy) is 10. The Morgan fingerprint density at radius 3 is 1.12 bits per heavy atom. The number of carboxylic acids is 2. The van der Waals surface area contributed by atoms with Gasteiger partial charge in [0.15, 0.2) is 11.9 Å². The fourth-order valence-electron chi connectivity index (χ4n) is 11.2. The van der Waals surface area contributed by atoms with Crippen molar-refractivity contribution in [1.29, 1.82) is 0 Å². The third-order valence-corrected chi connectivity index (χ3v) is 15.3. The standard InChI is InChI=1S/C58H105N9O19/c1-8-20-77-26-32-83-34-35-84-33-29-80-23-17-46(70)67(18-24-81-30-27-78-21-13-15-47(71)85-53-42(55(73)74)36-44(65-57(59)60)49(53)51(63-38(6)68)40(9-2)10-3)19-25-82-31-28-79-22-14-16-48(72)86-54-43(56(75)76)37-45(66-58(61)62)50(54)52(64-39(7)69)41(11-4)12-5/h40-45,49-54H,8-37H2,1-7H3,(H,63,68)(H,64,69)(H,73,74)(H,75,76)(H4,59,60,65)(H4,61,62,66)/t42-,43-,44+,45+,49+,50+,51+,52+,53+,54+/m0/s1. The van der Waals surface area contributed by atoms with Gasteiger partial charge in [0.25, 0.3) is 0 Å². The molecule has 12 N–H and O–H groups in total. The normalized spacial score (nSPS) is 20.7. The Balaban J connectivity index is 1.90. The molecule has 0 unspecified atom stereocenters. The van der Waals surface area contributed by atoms with Gasteiger partial charge in [-0.25, -0.2) is 9.98 Å². The number of carboxylic acid groups (broad SMARTS) is 2. The SMILES string of the molecule is CCCOCCOCCOCCOCCC(=O)N(CCOCCOCCCC(=O)O[C@H]1[C@@H]([C@H](NC(C)=O)C(CC)CC)[C@H](N=C(N)N)C[C@@H]1C(=O)O)CCOCCOCCCC(=O)O[C@H]1[C@@H]([C@H](NC(C)=O)C(CC)CC)[C@H](N=C(N)N)C[C@@H]1C(=O)O. The summed E-state index contributed by atoms with van der Waals surface area (Å²) in [6.07, 6.45) is 2.01. The Kier molecular flexibility index (Phi) is 40.0. The molecule has 28 nitrogen and oxygen atoms in total. The topological polar surface area (TPSA) is 408 Å². The van der Waals surface area contributed by atoms with Crippen LogP contribution in [0.1, 0.15) is 126 Å². The monoisotopic (exact) mass is 1230 g/mol. The second-order valence-corrected chi connectivity index (χ2v) is 21.5. The van der Waals surface area contributed by atoms with Crippen LogP contribution in [0.4, 0.5) is 0 Å². The number of nitrogens with zero attached hydrogens (tertiary/aromatic N) is 3. The molecule has 0 bridgehead atoms. The molecule has 2 saturated carbocycles. The number of nitrogens with two attached hydrogens (primary N) is 4. The lowest BCUT2D eigenvalue weighted by Crippen LogP contribution is -2.51. The Labute approximate surface area is 507 Å². The molecule has 86 heavy (non-hydrogen) atoms. The van der Waals surface area contributed by atoms with E-state index in [-0.39, 0.29) is 159 Å². The van der Waals surface area contributed by atoms with E-state index in [1.54, 1.807) is 4.90 Å². The van der Waals surface area contributed by atoms with Crippen molar-refractivity contribution in [2.75, 3.05) is 119 Å². The lowest BCUT2D eigenvalue weighted by Gasteiger charge is -2.36. The molecule has 2 aliphatic carbocycles. The molecule has 2 fully saturated rings. The number of carbonyl (C=O) groups is 7. The van der Waals surface area contributed by atoms with Gasteiger partial charge in [0.2, 0.25) is 17.7 Å². The summed E-state index contributed by atoms with van der Waals surface area (Å²) >= 11 is 0. The van der Waals surface area contributed by atoms with Crippen molar-refractivity contribution in [1.82, 2.24) is 15.5 Å². The fourth-order valence-corrected chi connectivity index (χ4v) is 11.2. The zero-order valence-corrected chi connectivity index (χ0v) is 52.1. The summed E-state index contributed by atoms with van der Waals surface area (Å²) in [4.78, 5) is 99.9. The maximum atomic E-state index is 13.4. The van der Waals surface area contributed by atoms with Crippen LogP contribution in [-0.2, 0) is 80.9 Å². The molecule has 28 heteroatoms. The number of carbonyl (C=O) groups excluding carboxylic acids is 5. The molecule has 2 rings (SSSR count). The minimum Gasteiger partial charge on any atom is -0.481 e. The third-order valence-electron chi connectivity index (χ3n) is 15.3. The van der Waals surface area contributed by atoms with Gasteiger partial charge < -0.3 is 96.0 Å². The van der Waals surface area contributed by atoms with Gasteiger partial charge in [-0.3, -0.25) is 33.6 Å². The van der Waals surface area contributed by atoms with E-state index < -0.39 is 83.9 Å². The number of esters is 2. The van der Waals surface area contributed by atoms with Gasteiger partial charge in [-0.2, -0.15) is 0 Å². The first kappa shape index (κ1) is 76.6. The van der Waals surface area contributed by atoms with Crippen LogP contribution in [0, 0.1) is 35.5 Å². The van der Waals surface area contributed by atoms with Crippen LogP contribution in [-0.4, -0.2) is 224 Å². The summed E-state index contributed by atoms with van der Waals surface area (Å²) in [6.45, 7) is 18.0. The van der Waals surface area contributed by atoms with Crippen molar-refractivity contribution < 1.29 is 91.1 Å². The molecular weight excluding hydrogens is 1130 g/mol. The first-order valence-corrected chi connectivity index (χ1v) is 30.7. The first-order chi connectivity index (χ1) is 41.2. The second kappa shape index (κ2) is 44.9. The van der Waals surface area contributed by atoms with Gasteiger partial charge >= 0.3 is 23.9 Å². The number of aliphatic imine (C=N–C) groups is 2. The molecule has 0 spiro atoms. The lowest BCUT2D eigenvalue weighted by molar-refractivity contribution is -0.162. The first-order valence-electron chi connectivity index (χ1n) is 30.7. The van der Waals surface area contributed by atoms with Crippen LogP contribution < -0.4 is 33.6 Å². The van der Waals surface area contributed by atoms with Crippen LogP contribution in [0.3, 0.4) is 0 Å². The molecule has 10 atom stereocenters. The van der Waals surface area contributed by atoms with Crippen molar-refractivity contribution in [3.8, 4) is 0 Å². The van der Waals surface area contributed by atoms with Crippen molar-refractivity contribution in [2.45, 2.75) is 162 Å². The molecule has 0 aromatic carbocycles. The predicted octanol–water partition coefficient (Wildman–Crippen LogP) is 1.74. The van der Waals surface area contributed by atoms with Gasteiger partial charge in [-0.1, -0.05) is 60.3 Å². The van der Waals surface area contributed by atoms with E-state index in [2.05, 4.69) is 20.6 Å². The van der Waals surface area contributed by atoms with Gasteiger partial charge in [-0.15, -0.1) is 0 Å². The minimum atomic E-state index is -1.16. The van der Waals surface area contributed by atoms with Gasteiger partial charge in [0, 0.05) is 83.5 Å². The van der Waals surface area contributed by atoms with Crippen LogP contribution in [0.5, 0.6) is 0 Å². The summed E-state index contributed by atoms with van der Waals surface area (Å²) in [5, 5.41) is 26.3. The smallest absolute Gasteiger partial charge is 0.310 e. The minimum absolute atomic E-state index is 0.0215. The van der Waals surface area contributed by atoms with Crippen LogP contribution in [0.15, 0.2) is 9.98 Å². The lowest BCUT2D eigenvalue weighted by atomic mass is 9.80. The molecule has 0 aliphatic heterocycles. The van der Waals surface area contributed by atoms with Crippen LogP contribution in [0.2, 0.25) is 0 Å². The summed E-state index contributed by atoms with van der Waals surface area (Å²) in [5.74, 6) is -8.54. The van der Waals surface area contributed by atoms with Crippen molar-refractivity contribution in [2.24, 2.45) is 68.4 Å². The van der Waals surface area contributed by atoms with Gasteiger partial charge in [0.05, 0.1) is 116 Å². The van der Waals surface area contributed by atoms with E-state index in [1.165, 1.54) is 13.8 Å². The fraction of sp³-hybridized carbons (Fsp3) is 0.845. The van der Waals surface area contributed by atoms with E-state index in [0.717, 1.165) is 6.42 Å². The summed E-state index contributed by atoms with van der Waals surface area (Å²) in [5.41, 5.74) is 23.0. The molecule has 496 valence electrons. The average Bonchev–Trinajstić information content (AvgIpc) is 2.36. The highest BCUT2D eigenvalue weighted by Gasteiger charge is 2.55. The number of hydrogen-bond acceptors (Lipinski definition) is 19. The van der Waals surface area contributed by atoms with Gasteiger partial charge in [0.1, 0.15) is 12.2 Å². The largest absolute Gasteiger partial charge is 0.481 e. The number of aliphatic carboxylic acids is 2. The van der Waals surface area contributed by atoms with E-state index in [1.807, 2.05) is 34.6 Å². The maximum absolute atomic E-state index is 13.4. The average molecular weight is 1230 g/mol. The van der Waals surface area contributed by atoms with E-state index in [9.17, 15) is 43.8 Å². The van der Waals surface area contributed by atoms with Crippen molar-refractivity contribution in [3.63, 3.8) is 0 Å². The van der Waals surface area contributed by atoms with Crippen molar-refractivity contribution >= 4 is 53.5 Å². The molecule has 0 saturated heterocycles. The Hall–Kier alpha value is -5.49. The number of amides is 3. The zero-order valence-electron chi connectivity index (χ0n) is 52.1. The maximum Gasteiger partial charge on any atom is 0.310 e. The van der Waals surface area contributed by atoms with E-state index in [4.69, 9.17) is 70.3 Å². The summed E-state index contributed by atoms with van der Waals surface area (Å²) in [6, 6.07) is -2.52. The Morgan fingerprint density at radius 2 is 0.802 bits per heavy atom. The molecule has 0 aromatic rings. The summed E-state index contributed by atoms with van der Waals surface area (Å²) < 4.78 is 56.9. The molecule has 2 aliphatic rings. The van der Waals surface area contributed by atoms with Crippen molar-refractivity contribution in [3.05, 3.63) is 0 Å². The quantitative estimate of drug-likeness (QED) is 0.0186. The Bertz CT molecular complexity index is 1910. The Morgan fingerprint density at radius 1 is 0.477 bits per heavy atom. The predicted molar refractivity (Wildman–Crippen MR) is 317 cm³/mol. The number of nitrogens with one attached hydrogen (secondary N) is 2. The summed E-state index contributed by atoms with van der Waals surface area (Å²) in [7, 11) is 0. The van der Waals surface area contributed by atoms with Gasteiger partial charge in [-0.05, 0) is 43.9 Å². The number of guanidine groups is 2. The van der Waals surface area contributed by atoms with Crippen LogP contribution in [0.25, 0.3) is 0 Å². The van der Waals surface area contributed by atoms with E-state index >= 15 is 0 Å². The van der Waals surface area contributed by atoms with Crippen LogP contribution >= 0.6 is 0 Å². The third kappa shape index (κ3) is 29.9. The highest BCUT2D eigenvalue weighted by Crippen LogP contribution is 2.43. The number of hydrogen-bond donors (Lipinski definition) is 8. The number of rotatable bonds is 50.